The van der Waals surface area contributed by atoms with Gasteiger partial charge in [-0.3, -0.25) is 4.79 Å². The number of amides is 1. The van der Waals surface area contributed by atoms with Crippen LogP contribution in [0.2, 0.25) is 0 Å². The van der Waals surface area contributed by atoms with E-state index < -0.39 is 11.7 Å². The minimum Gasteiger partial charge on any atom is -0.507 e. The number of likely N-dealkylation sites (tertiary alicyclic amines) is 1. The lowest BCUT2D eigenvalue weighted by atomic mass is 10.0. The maximum atomic E-state index is 13.6. The lowest BCUT2D eigenvalue weighted by Gasteiger charge is -2.33. The molecule has 0 aromatic heterocycles. The Kier molecular flexibility index (Phi) is 3.31. The fourth-order valence-corrected chi connectivity index (χ4v) is 2.27. The smallest absolute Gasteiger partial charge is 0.260 e. The van der Waals surface area contributed by atoms with Gasteiger partial charge in [0.25, 0.3) is 5.91 Å². The lowest BCUT2D eigenvalue weighted by Crippen LogP contribution is -2.42. The summed E-state index contributed by atoms with van der Waals surface area (Å²) >= 11 is 0. The first-order valence-electron chi connectivity index (χ1n) is 5.89. The van der Waals surface area contributed by atoms with E-state index in [-0.39, 0.29) is 17.4 Å². The van der Waals surface area contributed by atoms with Gasteiger partial charge in [-0.1, -0.05) is 6.07 Å². The molecular formula is C13H16FNO2. The fraction of sp³-hybridized carbons (Fsp3) is 0.462. The van der Waals surface area contributed by atoms with Crippen LogP contribution in [0.3, 0.4) is 0 Å². The molecular weight excluding hydrogens is 221 g/mol. The van der Waals surface area contributed by atoms with E-state index in [1.54, 1.807) is 4.90 Å². The van der Waals surface area contributed by atoms with Crippen molar-refractivity contribution in [3.05, 3.63) is 29.6 Å². The second kappa shape index (κ2) is 4.73. The average molecular weight is 237 g/mol. The first kappa shape index (κ1) is 11.9. The van der Waals surface area contributed by atoms with Crippen molar-refractivity contribution in [1.29, 1.82) is 0 Å². The third kappa shape index (κ3) is 2.25. The number of benzene rings is 1. The van der Waals surface area contributed by atoms with Crippen molar-refractivity contribution in [3.63, 3.8) is 0 Å². The first-order valence-corrected chi connectivity index (χ1v) is 5.89. The van der Waals surface area contributed by atoms with Gasteiger partial charge in [0.2, 0.25) is 0 Å². The third-order valence-corrected chi connectivity index (χ3v) is 3.27. The SMILES string of the molecule is CC1CCCCN1C(=O)c1c(O)cccc1F. The molecule has 1 heterocycles. The van der Waals surface area contributed by atoms with Gasteiger partial charge < -0.3 is 10.0 Å². The molecule has 3 nitrogen and oxygen atoms in total. The Morgan fingerprint density at radius 3 is 2.88 bits per heavy atom. The fourth-order valence-electron chi connectivity index (χ4n) is 2.27. The van der Waals surface area contributed by atoms with Crippen molar-refractivity contribution in [3.8, 4) is 5.75 Å². The van der Waals surface area contributed by atoms with Gasteiger partial charge in [-0.2, -0.15) is 0 Å². The number of phenolic OH excluding ortho intramolecular Hbond substituents is 1. The van der Waals surface area contributed by atoms with Gasteiger partial charge in [-0.25, -0.2) is 4.39 Å². The van der Waals surface area contributed by atoms with Gasteiger partial charge in [0.1, 0.15) is 17.1 Å². The van der Waals surface area contributed by atoms with E-state index >= 15 is 0 Å². The highest BCUT2D eigenvalue weighted by atomic mass is 19.1. The summed E-state index contributed by atoms with van der Waals surface area (Å²) in [6.45, 7) is 2.59. The quantitative estimate of drug-likeness (QED) is 0.815. The standard InChI is InChI=1S/C13H16FNO2/c1-9-5-2-3-8-15(9)13(17)12-10(14)6-4-7-11(12)16/h4,6-7,9,16H,2-3,5,8H2,1H3. The zero-order chi connectivity index (χ0) is 12.4. The number of piperidine rings is 1. The molecule has 2 rings (SSSR count). The maximum absolute atomic E-state index is 13.6. The Morgan fingerprint density at radius 2 is 2.24 bits per heavy atom. The van der Waals surface area contributed by atoms with E-state index in [0.29, 0.717) is 6.54 Å². The second-order valence-electron chi connectivity index (χ2n) is 4.48. The summed E-state index contributed by atoms with van der Waals surface area (Å²) in [7, 11) is 0. The highest BCUT2D eigenvalue weighted by Crippen LogP contribution is 2.25. The number of carbonyl (C=O) groups is 1. The van der Waals surface area contributed by atoms with E-state index in [2.05, 4.69) is 0 Å². The molecule has 17 heavy (non-hydrogen) atoms. The summed E-state index contributed by atoms with van der Waals surface area (Å²) in [5.41, 5.74) is -0.207. The van der Waals surface area contributed by atoms with Crippen LogP contribution in [0.4, 0.5) is 4.39 Å². The van der Waals surface area contributed by atoms with Crippen molar-refractivity contribution in [2.24, 2.45) is 0 Å². The topological polar surface area (TPSA) is 40.5 Å². The Balaban J connectivity index is 2.30. The molecule has 92 valence electrons. The minimum absolute atomic E-state index is 0.107. The van der Waals surface area contributed by atoms with E-state index in [1.165, 1.54) is 18.2 Å². The number of nitrogens with zero attached hydrogens (tertiary/aromatic N) is 1. The summed E-state index contributed by atoms with van der Waals surface area (Å²) in [5.74, 6) is -1.35. The molecule has 1 aromatic carbocycles. The highest BCUT2D eigenvalue weighted by molar-refractivity contribution is 5.97. The van der Waals surface area contributed by atoms with Crippen molar-refractivity contribution < 1.29 is 14.3 Å². The summed E-state index contributed by atoms with van der Waals surface area (Å²) in [6.07, 6.45) is 2.96. The van der Waals surface area contributed by atoms with Crippen molar-refractivity contribution >= 4 is 5.91 Å². The van der Waals surface area contributed by atoms with Crippen LogP contribution in [0.1, 0.15) is 36.5 Å². The van der Waals surface area contributed by atoms with Crippen LogP contribution in [-0.4, -0.2) is 28.5 Å². The molecule has 1 amide bonds. The Morgan fingerprint density at radius 1 is 1.47 bits per heavy atom. The van der Waals surface area contributed by atoms with Gasteiger partial charge in [0.05, 0.1) is 0 Å². The number of rotatable bonds is 1. The largest absolute Gasteiger partial charge is 0.507 e. The van der Waals surface area contributed by atoms with Crippen LogP contribution < -0.4 is 0 Å². The molecule has 1 aliphatic rings. The molecule has 1 aromatic rings. The maximum Gasteiger partial charge on any atom is 0.260 e. The van der Waals surface area contributed by atoms with Gasteiger partial charge in [0.15, 0.2) is 0 Å². The number of phenols is 1. The van der Waals surface area contributed by atoms with Gasteiger partial charge >= 0.3 is 0 Å². The zero-order valence-electron chi connectivity index (χ0n) is 9.82. The predicted molar refractivity (Wildman–Crippen MR) is 62.4 cm³/mol. The summed E-state index contributed by atoms with van der Waals surface area (Å²) in [6, 6.07) is 4.03. The normalized spacial score (nSPS) is 20.4. The van der Waals surface area contributed by atoms with Crippen LogP contribution in [0.15, 0.2) is 18.2 Å². The van der Waals surface area contributed by atoms with Crippen LogP contribution in [0.25, 0.3) is 0 Å². The Hall–Kier alpha value is -1.58. The number of hydrogen-bond donors (Lipinski definition) is 1. The van der Waals surface area contributed by atoms with Gasteiger partial charge in [-0.05, 0) is 38.3 Å². The molecule has 1 fully saturated rings. The van der Waals surface area contributed by atoms with E-state index in [4.69, 9.17) is 0 Å². The highest BCUT2D eigenvalue weighted by Gasteiger charge is 2.27. The van der Waals surface area contributed by atoms with E-state index in [9.17, 15) is 14.3 Å². The predicted octanol–water partition coefficient (Wildman–Crippen LogP) is 2.55. The molecule has 0 radical (unpaired) electrons. The summed E-state index contributed by atoms with van der Waals surface area (Å²) < 4.78 is 13.6. The molecule has 0 bridgehead atoms. The molecule has 0 aliphatic carbocycles. The van der Waals surface area contributed by atoms with Crippen molar-refractivity contribution in [1.82, 2.24) is 4.90 Å². The minimum atomic E-state index is -0.659. The van der Waals surface area contributed by atoms with E-state index in [0.717, 1.165) is 19.3 Å². The molecule has 1 saturated heterocycles. The molecule has 0 saturated carbocycles. The van der Waals surface area contributed by atoms with Crippen LogP contribution in [0, 0.1) is 5.82 Å². The number of aromatic hydroxyl groups is 1. The van der Waals surface area contributed by atoms with Gasteiger partial charge in [0, 0.05) is 12.6 Å². The van der Waals surface area contributed by atoms with Crippen molar-refractivity contribution in [2.45, 2.75) is 32.2 Å². The number of hydrogen-bond acceptors (Lipinski definition) is 2. The lowest BCUT2D eigenvalue weighted by molar-refractivity contribution is 0.0627. The molecule has 4 heteroatoms. The average Bonchev–Trinajstić information content (AvgIpc) is 2.29. The molecule has 1 aliphatic heterocycles. The second-order valence-corrected chi connectivity index (χ2v) is 4.48. The third-order valence-electron chi connectivity index (χ3n) is 3.27. The molecule has 1 N–H and O–H groups in total. The molecule has 0 spiro atoms. The first-order chi connectivity index (χ1) is 8.11. The van der Waals surface area contributed by atoms with E-state index in [1.807, 2.05) is 6.92 Å². The summed E-state index contributed by atoms with van der Waals surface area (Å²) in [5, 5.41) is 9.59. The van der Waals surface area contributed by atoms with Crippen LogP contribution >= 0.6 is 0 Å². The number of carbonyl (C=O) groups excluding carboxylic acids is 1. The monoisotopic (exact) mass is 237 g/mol. The Bertz CT molecular complexity index is 413. The van der Waals surface area contributed by atoms with Gasteiger partial charge in [-0.15, -0.1) is 0 Å². The summed E-state index contributed by atoms with van der Waals surface area (Å²) in [4.78, 5) is 13.8. The van der Waals surface area contributed by atoms with Crippen LogP contribution in [0.5, 0.6) is 5.75 Å². The molecule has 1 atom stereocenters. The van der Waals surface area contributed by atoms with Crippen LogP contribution in [-0.2, 0) is 0 Å². The zero-order valence-corrected chi connectivity index (χ0v) is 9.82. The Labute approximate surface area is 99.9 Å². The van der Waals surface area contributed by atoms with Crippen molar-refractivity contribution in [2.75, 3.05) is 6.54 Å². The number of halogens is 1. The molecule has 1 unspecified atom stereocenters.